The van der Waals surface area contributed by atoms with Crippen molar-refractivity contribution in [2.75, 3.05) is 11.5 Å². The number of nitrogen functional groups attached to an aromatic ring is 2. The number of hydrogen-bond acceptors (Lipinski definition) is 4. The number of aryl methyl sites for hydroxylation is 2. The highest BCUT2D eigenvalue weighted by Crippen LogP contribution is 2.53. The first-order valence-corrected chi connectivity index (χ1v) is 11.9. The average Bonchev–Trinajstić information content (AvgIpc) is 2.78. The SMILES string of the molecule is CCCc1cc(N)c(C(O)(C(F)(F)F)C(F)(F)F)cc1Cc1cc(C(O)(C(F)(F)F)C(F)(F)F)c(N)cc1CCC. The first kappa shape index (κ1) is 34.3. The van der Waals surface area contributed by atoms with E-state index in [1.807, 2.05) is 0 Å². The predicted molar refractivity (Wildman–Crippen MR) is 125 cm³/mol. The number of benzene rings is 2. The predicted octanol–water partition coefficient (Wildman–Crippen LogP) is 6.97. The minimum atomic E-state index is -6.32. The summed E-state index contributed by atoms with van der Waals surface area (Å²) in [7, 11) is 0. The molecule has 0 heterocycles. The standard InChI is InChI=1S/C25H26F12N2O2/c1-3-5-12-10-18(38)16(20(40,22(26,27)28)23(29,30)31)8-14(12)7-15-9-17(19(39)11-13(15)6-4-2)21(41,24(32,33)34)25(35,36)37/h8-11,40-41H,3-7,38-39H2,1-2H3. The molecule has 2 aromatic rings. The minimum Gasteiger partial charge on any atom is -0.398 e. The molecule has 16 heteroatoms. The second-order valence-corrected chi connectivity index (χ2v) is 9.50. The van der Waals surface area contributed by atoms with Crippen LogP contribution in [0.1, 0.15) is 60.1 Å². The Morgan fingerprint density at radius 2 is 0.780 bits per heavy atom. The molecule has 0 saturated carbocycles. The van der Waals surface area contributed by atoms with Gasteiger partial charge in [0.2, 0.25) is 0 Å². The molecule has 0 saturated heterocycles. The Balaban J connectivity index is 2.96. The Bertz CT molecular complexity index is 1120. The summed E-state index contributed by atoms with van der Waals surface area (Å²) in [5.74, 6) is 0. The molecule has 0 unspecified atom stereocenters. The van der Waals surface area contributed by atoms with Crippen LogP contribution in [0, 0.1) is 0 Å². The third-order valence-electron chi connectivity index (χ3n) is 6.58. The largest absolute Gasteiger partial charge is 0.430 e. The molecule has 0 aliphatic rings. The lowest BCUT2D eigenvalue weighted by atomic mass is 9.83. The van der Waals surface area contributed by atoms with E-state index in [9.17, 15) is 62.9 Å². The Morgan fingerprint density at radius 1 is 0.512 bits per heavy atom. The van der Waals surface area contributed by atoms with Gasteiger partial charge >= 0.3 is 24.7 Å². The smallest absolute Gasteiger partial charge is 0.398 e. The summed E-state index contributed by atoms with van der Waals surface area (Å²) >= 11 is 0. The highest BCUT2D eigenvalue weighted by molar-refractivity contribution is 5.60. The van der Waals surface area contributed by atoms with Crippen molar-refractivity contribution in [2.45, 2.75) is 81.9 Å². The Kier molecular flexibility index (Phi) is 9.27. The van der Waals surface area contributed by atoms with E-state index in [1.165, 1.54) is 0 Å². The summed E-state index contributed by atoms with van der Waals surface area (Å²) in [6, 6.07) is 2.03. The van der Waals surface area contributed by atoms with Gasteiger partial charge in [0.25, 0.3) is 11.2 Å². The molecule has 0 aromatic heterocycles. The van der Waals surface area contributed by atoms with E-state index in [0.717, 1.165) is 12.1 Å². The van der Waals surface area contributed by atoms with Crippen molar-refractivity contribution in [3.63, 3.8) is 0 Å². The lowest BCUT2D eigenvalue weighted by Crippen LogP contribution is -2.54. The van der Waals surface area contributed by atoms with Crippen molar-refractivity contribution >= 4 is 11.4 Å². The number of aliphatic hydroxyl groups is 2. The summed E-state index contributed by atoms with van der Waals surface area (Å²) in [6.07, 6.45) is -25.6. The molecule has 41 heavy (non-hydrogen) atoms. The summed E-state index contributed by atoms with van der Waals surface area (Å²) in [5.41, 5.74) is -6.42. The van der Waals surface area contributed by atoms with Gasteiger partial charge in [-0.2, -0.15) is 52.7 Å². The summed E-state index contributed by atoms with van der Waals surface area (Å²) < 4.78 is 163. The van der Waals surface area contributed by atoms with Crippen LogP contribution in [0.5, 0.6) is 0 Å². The van der Waals surface area contributed by atoms with Gasteiger partial charge in [0.1, 0.15) is 0 Å². The van der Waals surface area contributed by atoms with E-state index in [1.54, 1.807) is 13.8 Å². The topological polar surface area (TPSA) is 92.5 Å². The van der Waals surface area contributed by atoms with Gasteiger partial charge in [0.05, 0.1) is 0 Å². The fourth-order valence-corrected chi connectivity index (χ4v) is 4.51. The lowest BCUT2D eigenvalue weighted by molar-refractivity contribution is -0.376. The number of anilines is 2. The number of rotatable bonds is 8. The van der Waals surface area contributed by atoms with Crippen LogP contribution in [-0.4, -0.2) is 34.9 Å². The van der Waals surface area contributed by atoms with Crippen LogP contribution in [0.3, 0.4) is 0 Å². The molecule has 2 rings (SSSR count). The van der Waals surface area contributed by atoms with Crippen LogP contribution >= 0.6 is 0 Å². The van der Waals surface area contributed by atoms with Crippen LogP contribution in [-0.2, 0) is 30.5 Å². The monoisotopic (exact) mass is 614 g/mol. The number of hydrogen-bond donors (Lipinski definition) is 4. The van der Waals surface area contributed by atoms with E-state index >= 15 is 0 Å². The summed E-state index contributed by atoms with van der Waals surface area (Å²) in [4.78, 5) is 0. The van der Waals surface area contributed by atoms with Crippen LogP contribution in [0.15, 0.2) is 24.3 Å². The molecule has 0 amide bonds. The van der Waals surface area contributed by atoms with Gasteiger partial charge in [-0.15, -0.1) is 0 Å². The highest BCUT2D eigenvalue weighted by atomic mass is 19.4. The summed E-state index contributed by atoms with van der Waals surface area (Å²) in [5, 5.41) is 19.8. The van der Waals surface area contributed by atoms with Gasteiger partial charge in [-0.1, -0.05) is 26.7 Å². The van der Waals surface area contributed by atoms with E-state index in [-0.39, 0.29) is 48.9 Å². The third-order valence-corrected chi connectivity index (χ3v) is 6.58. The maximum atomic E-state index is 13.6. The van der Waals surface area contributed by atoms with Crippen molar-refractivity contribution in [1.29, 1.82) is 0 Å². The second-order valence-electron chi connectivity index (χ2n) is 9.50. The third kappa shape index (κ3) is 6.03. The fourth-order valence-electron chi connectivity index (χ4n) is 4.51. The Hall–Kier alpha value is -2.88. The molecule has 0 fully saturated rings. The quantitative estimate of drug-likeness (QED) is 0.191. The summed E-state index contributed by atoms with van der Waals surface area (Å²) in [6.45, 7) is 3.15. The van der Waals surface area contributed by atoms with Crippen molar-refractivity contribution in [1.82, 2.24) is 0 Å². The normalized spacial score (nSPS) is 14.0. The number of halogens is 12. The Morgan fingerprint density at radius 3 is 1.00 bits per heavy atom. The maximum absolute atomic E-state index is 13.6. The van der Waals surface area contributed by atoms with E-state index in [2.05, 4.69) is 0 Å². The zero-order chi connectivity index (χ0) is 32.0. The van der Waals surface area contributed by atoms with E-state index in [4.69, 9.17) is 11.5 Å². The average molecular weight is 614 g/mol. The molecular formula is C25H26F12N2O2. The van der Waals surface area contributed by atoms with Crippen LogP contribution < -0.4 is 11.5 Å². The van der Waals surface area contributed by atoms with Crippen molar-refractivity contribution in [2.24, 2.45) is 0 Å². The minimum absolute atomic E-state index is 0.0176. The maximum Gasteiger partial charge on any atom is 0.430 e. The Labute approximate surface area is 225 Å². The zero-order valence-corrected chi connectivity index (χ0v) is 21.4. The van der Waals surface area contributed by atoms with Gasteiger partial charge in [0, 0.05) is 22.5 Å². The molecule has 0 spiro atoms. The van der Waals surface area contributed by atoms with Crippen molar-refractivity contribution in [3.8, 4) is 0 Å². The van der Waals surface area contributed by atoms with Crippen molar-refractivity contribution < 1.29 is 62.9 Å². The molecule has 0 bridgehead atoms. The van der Waals surface area contributed by atoms with Crippen LogP contribution in [0.2, 0.25) is 0 Å². The molecule has 0 aliphatic heterocycles. The van der Waals surface area contributed by atoms with Crippen molar-refractivity contribution in [3.05, 3.63) is 57.6 Å². The van der Waals surface area contributed by atoms with Crippen LogP contribution in [0.25, 0.3) is 0 Å². The molecule has 0 radical (unpaired) electrons. The van der Waals surface area contributed by atoms with E-state index < -0.39 is 76.0 Å². The van der Waals surface area contributed by atoms with Gasteiger partial charge in [-0.05, 0) is 65.8 Å². The molecular weight excluding hydrogens is 588 g/mol. The van der Waals surface area contributed by atoms with Gasteiger partial charge in [-0.3, -0.25) is 0 Å². The lowest BCUT2D eigenvalue weighted by Gasteiger charge is -2.34. The number of alkyl halides is 12. The van der Waals surface area contributed by atoms with E-state index in [0.29, 0.717) is 0 Å². The first-order valence-electron chi connectivity index (χ1n) is 11.9. The molecule has 2 aromatic carbocycles. The molecule has 4 nitrogen and oxygen atoms in total. The fraction of sp³-hybridized carbons (Fsp3) is 0.520. The second kappa shape index (κ2) is 11.1. The van der Waals surface area contributed by atoms with Gasteiger partial charge < -0.3 is 21.7 Å². The van der Waals surface area contributed by atoms with Gasteiger partial charge in [0.15, 0.2) is 0 Å². The number of nitrogens with two attached hydrogens (primary N) is 2. The van der Waals surface area contributed by atoms with Crippen LogP contribution in [0.4, 0.5) is 64.1 Å². The molecule has 232 valence electrons. The van der Waals surface area contributed by atoms with Gasteiger partial charge in [-0.25, -0.2) is 0 Å². The molecule has 0 aliphatic carbocycles. The highest BCUT2D eigenvalue weighted by Gasteiger charge is 2.73. The first-order chi connectivity index (χ1) is 18.4. The molecule has 0 atom stereocenters. The molecule has 6 N–H and O–H groups in total. The zero-order valence-electron chi connectivity index (χ0n) is 21.4.